The molecule has 0 N–H and O–H groups in total. The van der Waals surface area contributed by atoms with E-state index in [9.17, 15) is 4.79 Å². The van der Waals surface area contributed by atoms with Crippen LogP contribution in [-0.2, 0) is 14.3 Å². The molecule has 0 radical (unpaired) electrons. The highest BCUT2D eigenvalue weighted by Crippen LogP contribution is 2.21. The first kappa shape index (κ1) is 12.2. The molecule has 1 saturated heterocycles. The van der Waals surface area contributed by atoms with Crippen molar-refractivity contribution in [3.8, 4) is 0 Å². The molecule has 0 spiro atoms. The average Bonchev–Trinajstić information content (AvgIpc) is 2.63. The molecule has 0 amide bonds. The number of carbonyl (C=O) groups excluding carboxylic acids is 1. The van der Waals surface area contributed by atoms with Gasteiger partial charge in [-0.05, 0) is 19.3 Å². The van der Waals surface area contributed by atoms with Crippen LogP contribution in [0.15, 0.2) is 0 Å². The molecular weight excluding hydrogens is 295 g/mol. The third-order valence-electron chi connectivity index (χ3n) is 2.25. The highest BCUT2D eigenvalue weighted by Gasteiger charge is 2.25. The molecule has 0 aromatic rings. The molecule has 4 heteroatoms. The van der Waals surface area contributed by atoms with Crippen LogP contribution in [0.25, 0.3) is 0 Å². The second-order valence-corrected chi connectivity index (χ2v) is 4.43. The zero-order chi connectivity index (χ0) is 10.4. The van der Waals surface area contributed by atoms with Gasteiger partial charge in [0.2, 0.25) is 0 Å². The van der Waals surface area contributed by atoms with Gasteiger partial charge in [0.15, 0.2) is 0 Å². The molecule has 0 aliphatic carbocycles. The SMILES string of the molecule is CCCC(=O)OC[C@H]1CC[C@H](CI)O1. The highest BCUT2D eigenvalue weighted by molar-refractivity contribution is 14.1. The zero-order valence-corrected chi connectivity index (χ0v) is 10.7. The minimum atomic E-state index is -0.103. The molecule has 14 heavy (non-hydrogen) atoms. The van der Waals surface area contributed by atoms with E-state index in [1.54, 1.807) is 0 Å². The van der Waals surface area contributed by atoms with Crippen LogP contribution in [0.1, 0.15) is 32.6 Å². The largest absolute Gasteiger partial charge is 0.463 e. The Morgan fingerprint density at radius 3 is 2.79 bits per heavy atom. The molecule has 3 nitrogen and oxygen atoms in total. The molecule has 0 aromatic carbocycles. The minimum absolute atomic E-state index is 0.103. The predicted octanol–water partition coefficient (Wildman–Crippen LogP) is 2.31. The fourth-order valence-electron chi connectivity index (χ4n) is 1.48. The third-order valence-corrected chi connectivity index (χ3v) is 3.23. The topological polar surface area (TPSA) is 35.5 Å². The second kappa shape index (κ2) is 6.61. The molecule has 0 unspecified atom stereocenters. The summed E-state index contributed by atoms with van der Waals surface area (Å²) >= 11 is 2.32. The van der Waals surface area contributed by atoms with Crippen LogP contribution in [0.4, 0.5) is 0 Å². The van der Waals surface area contributed by atoms with Gasteiger partial charge < -0.3 is 9.47 Å². The molecule has 1 heterocycles. The van der Waals surface area contributed by atoms with Gasteiger partial charge in [-0.15, -0.1) is 0 Å². The van der Waals surface area contributed by atoms with Gasteiger partial charge in [-0.2, -0.15) is 0 Å². The smallest absolute Gasteiger partial charge is 0.305 e. The van der Waals surface area contributed by atoms with E-state index < -0.39 is 0 Å². The fourth-order valence-corrected chi connectivity index (χ4v) is 2.13. The first-order chi connectivity index (χ1) is 6.76. The maximum atomic E-state index is 11.1. The maximum absolute atomic E-state index is 11.1. The monoisotopic (exact) mass is 312 g/mol. The number of hydrogen-bond acceptors (Lipinski definition) is 3. The summed E-state index contributed by atoms with van der Waals surface area (Å²) in [5.41, 5.74) is 0. The van der Waals surface area contributed by atoms with Gasteiger partial charge in [0, 0.05) is 10.8 Å². The number of esters is 1. The van der Waals surface area contributed by atoms with Gasteiger partial charge in [0.05, 0.1) is 12.2 Å². The van der Waals surface area contributed by atoms with Crippen molar-refractivity contribution in [3.63, 3.8) is 0 Å². The zero-order valence-electron chi connectivity index (χ0n) is 8.50. The summed E-state index contributed by atoms with van der Waals surface area (Å²) in [5, 5.41) is 0. The van der Waals surface area contributed by atoms with Gasteiger partial charge in [-0.1, -0.05) is 29.5 Å². The summed E-state index contributed by atoms with van der Waals surface area (Å²) in [6.07, 6.45) is 3.98. The van der Waals surface area contributed by atoms with E-state index >= 15 is 0 Å². The Balaban J connectivity index is 2.11. The van der Waals surface area contributed by atoms with E-state index in [1.807, 2.05) is 6.92 Å². The number of hydrogen-bond donors (Lipinski definition) is 0. The van der Waals surface area contributed by atoms with Gasteiger partial charge >= 0.3 is 5.97 Å². The summed E-state index contributed by atoms with van der Waals surface area (Å²) in [6.45, 7) is 2.41. The van der Waals surface area contributed by atoms with E-state index in [2.05, 4.69) is 22.6 Å². The highest BCUT2D eigenvalue weighted by atomic mass is 127. The second-order valence-electron chi connectivity index (χ2n) is 3.54. The van der Waals surface area contributed by atoms with Gasteiger partial charge in [0.25, 0.3) is 0 Å². The Bertz CT molecular complexity index is 184. The van der Waals surface area contributed by atoms with Gasteiger partial charge in [-0.3, -0.25) is 4.79 Å². The van der Waals surface area contributed by atoms with Crippen molar-refractivity contribution in [2.45, 2.75) is 44.8 Å². The van der Waals surface area contributed by atoms with Crippen LogP contribution in [0, 0.1) is 0 Å². The number of rotatable bonds is 5. The van der Waals surface area contributed by atoms with E-state index in [-0.39, 0.29) is 12.1 Å². The third kappa shape index (κ3) is 4.13. The van der Waals surface area contributed by atoms with E-state index in [4.69, 9.17) is 9.47 Å². The summed E-state index contributed by atoms with van der Waals surface area (Å²) in [7, 11) is 0. The number of alkyl halides is 1. The number of carbonyl (C=O) groups is 1. The molecule has 1 rings (SSSR count). The van der Waals surface area contributed by atoms with Crippen LogP contribution in [0.3, 0.4) is 0 Å². The quantitative estimate of drug-likeness (QED) is 0.444. The predicted molar refractivity (Wildman–Crippen MR) is 62.6 cm³/mol. The molecule has 1 fully saturated rings. The van der Waals surface area contributed by atoms with E-state index in [0.717, 1.165) is 23.7 Å². The Morgan fingerprint density at radius 1 is 1.50 bits per heavy atom. The first-order valence-electron chi connectivity index (χ1n) is 5.13. The Morgan fingerprint density at radius 2 is 2.21 bits per heavy atom. The van der Waals surface area contributed by atoms with Crippen molar-refractivity contribution in [1.82, 2.24) is 0 Å². The molecule has 0 bridgehead atoms. The van der Waals surface area contributed by atoms with Gasteiger partial charge in [0.1, 0.15) is 6.61 Å². The summed E-state index contributed by atoms with van der Waals surface area (Å²) in [6, 6.07) is 0. The number of halogens is 1. The molecule has 2 atom stereocenters. The Kier molecular flexibility index (Phi) is 5.77. The lowest BCUT2D eigenvalue weighted by Crippen LogP contribution is -2.19. The van der Waals surface area contributed by atoms with Crippen molar-refractivity contribution < 1.29 is 14.3 Å². The van der Waals surface area contributed by atoms with Crippen LogP contribution >= 0.6 is 22.6 Å². The van der Waals surface area contributed by atoms with Crippen LogP contribution < -0.4 is 0 Å². The van der Waals surface area contributed by atoms with Crippen molar-refractivity contribution in [2.24, 2.45) is 0 Å². The summed E-state index contributed by atoms with van der Waals surface area (Å²) in [5.74, 6) is -0.103. The number of ether oxygens (including phenoxy) is 2. The van der Waals surface area contributed by atoms with E-state index in [1.165, 1.54) is 0 Å². The van der Waals surface area contributed by atoms with Crippen molar-refractivity contribution in [1.29, 1.82) is 0 Å². The fraction of sp³-hybridized carbons (Fsp3) is 0.900. The lowest BCUT2D eigenvalue weighted by atomic mass is 10.2. The molecule has 0 saturated carbocycles. The lowest BCUT2D eigenvalue weighted by molar-refractivity contribution is -0.147. The van der Waals surface area contributed by atoms with E-state index in [0.29, 0.717) is 19.1 Å². The van der Waals surface area contributed by atoms with Crippen LogP contribution in [0.5, 0.6) is 0 Å². The summed E-state index contributed by atoms with van der Waals surface area (Å²) < 4.78 is 11.8. The van der Waals surface area contributed by atoms with Crippen molar-refractivity contribution in [3.05, 3.63) is 0 Å². The molecule has 1 aliphatic rings. The minimum Gasteiger partial charge on any atom is -0.463 e. The Hall–Kier alpha value is 0.160. The lowest BCUT2D eigenvalue weighted by Gasteiger charge is -2.12. The standard InChI is InChI=1S/C10H17IO3/c1-2-3-10(12)13-7-9-5-4-8(6-11)14-9/h8-9H,2-7H2,1H3/t8-,9-/m1/s1. The normalized spacial score (nSPS) is 26.4. The van der Waals surface area contributed by atoms with Crippen LogP contribution in [0.2, 0.25) is 0 Å². The molecule has 82 valence electrons. The van der Waals surface area contributed by atoms with Gasteiger partial charge in [-0.25, -0.2) is 0 Å². The first-order valence-corrected chi connectivity index (χ1v) is 6.65. The molecule has 0 aromatic heterocycles. The molecule has 1 aliphatic heterocycles. The molecular formula is C10H17IO3. The average molecular weight is 312 g/mol. The van der Waals surface area contributed by atoms with Crippen LogP contribution in [-0.4, -0.2) is 29.2 Å². The summed E-state index contributed by atoms with van der Waals surface area (Å²) in [4.78, 5) is 11.1. The Labute approximate surface area is 98.7 Å². The maximum Gasteiger partial charge on any atom is 0.305 e. The van der Waals surface area contributed by atoms with Crippen molar-refractivity contribution >= 4 is 28.6 Å². The van der Waals surface area contributed by atoms with Crippen molar-refractivity contribution in [2.75, 3.05) is 11.0 Å².